The van der Waals surface area contributed by atoms with Gasteiger partial charge in [0.15, 0.2) is 5.84 Å². The maximum Gasteiger partial charge on any atom is 0.160 e. The molecule has 1 aliphatic rings. The number of fused-ring (bicyclic) bond motifs is 13. The number of aromatic nitrogens is 3. The van der Waals surface area contributed by atoms with Crippen molar-refractivity contribution >= 4 is 110 Å². The van der Waals surface area contributed by atoms with Crippen LogP contribution in [0.5, 0.6) is 0 Å². The first-order valence-electron chi connectivity index (χ1n) is 27.3. The van der Waals surface area contributed by atoms with Gasteiger partial charge >= 0.3 is 0 Å². The number of hydrogen-bond acceptors (Lipinski definition) is 4. The van der Waals surface area contributed by atoms with Crippen molar-refractivity contribution in [2.75, 3.05) is 0 Å². The van der Waals surface area contributed by atoms with Gasteiger partial charge in [-0.15, -0.1) is 0 Å². The lowest BCUT2D eigenvalue weighted by atomic mass is 9.96. The predicted octanol–water partition coefficient (Wildman–Crippen LogP) is 18.2. The molecular formula is C73H46N6O. The molecule has 0 amide bonds. The second-order valence-electron chi connectivity index (χ2n) is 20.9. The van der Waals surface area contributed by atoms with Crippen molar-refractivity contribution < 1.29 is 4.42 Å². The fourth-order valence-corrected chi connectivity index (χ4v) is 13.0. The molecule has 7 nitrogen and oxygen atoms in total. The first kappa shape index (κ1) is 44.4. The normalized spacial score (nSPS) is 13.9. The van der Waals surface area contributed by atoms with Gasteiger partial charge in [-0.05, 0) is 101 Å². The fraction of sp³-hybridized carbons (Fsp3) is 0.0137. The quantitative estimate of drug-likeness (QED) is 0.173. The Morgan fingerprint density at radius 3 is 1.57 bits per heavy atom. The van der Waals surface area contributed by atoms with Crippen LogP contribution in [0.1, 0.15) is 22.9 Å². The Labute approximate surface area is 458 Å². The lowest BCUT2D eigenvalue weighted by molar-refractivity contribution is 0.669. The predicted molar refractivity (Wildman–Crippen MR) is 332 cm³/mol. The van der Waals surface area contributed by atoms with E-state index in [2.05, 4.69) is 280 Å². The average molecular weight is 1020 g/mol. The number of nitrogens with one attached hydrogen (secondary N) is 1. The lowest BCUT2D eigenvalue weighted by Crippen LogP contribution is -2.33. The Kier molecular flexibility index (Phi) is 9.64. The minimum absolute atomic E-state index is 0.572. The molecule has 16 aromatic rings. The Bertz CT molecular complexity index is 5290. The molecule has 12 aromatic carbocycles. The summed E-state index contributed by atoms with van der Waals surface area (Å²) >= 11 is 0. The maximum absolute atomic E-state index is 6.92. The molecule has 0 radical (unpaired) electrons. The summed E-state index contributed by atoms with van der Waals surface area (Å²) in [7, 11) is 0. The van der Waals surface area contributed by atoms with Gasteiger partial charge in [0, 0.05) is 76.7 Å². The van der Waals surface area contributed by atoms with Crippen LogP contribution in [0.4, 0.5) is 0 Å². The molecule has 80 heavy (non-hydrogen) atoms. The summed E-state index contributed by atoms with van der Waals surface area (Å²) in [6, 6.07) is 95.7. The summed E-state index contributed by atoms with van der Waals surface area (Å²) in [6.07, 6.45) is -0.572. The second kappa shape index (κ2) is 17.4. The topological polar surface area (TPSA) is 64.7 Å². The van der Waals surface area contributed by atoms with E-state index in [4.69, 9.17) is 14.4 Å². The first-order valence-corrected chi connectivity index (χ1v) is 27.3. The summed E-state index contributed by atoms with van der Waals surface area (Å²) in [5, 5.41) is 15.4. The van der Waals surface area contributed by atoms with Gasteiger partial charge in [0.2, 0.25) is 0 Å². The third-order valence-electron chi connectivity index (χ3n) is 16.5. The van der Waals surface area contributed by atoms with Crippen LogP contribution in [0.3, 0.4) is 0 Å². The zero-order valence-corrected chi connectivity index (χ0v) is 43.1. The van der Waals surface area contributed by atoms with Gasteiger partial charge in [-0.25, -0.2) is 9.98 Å². The van der Waals surface area contributed by atoms with E-state index in [0.717, 1.165) is 127 Å². The Hall–Kier alpha value is -10.8. The van der Waals surface area contributed by atoms with Gasteiger partial charge in [-0.3, -0.25) is 0 Å². The van der Waals surface area contributed by atoms with E-state index in [1.165, 1.54) is 21.5 Å². The van der Waals surface area contributed by atoms with Crippen molar-refractivity contribution in [3.05, 3.63) is 284 Å². The standard InChI is InChI=1S/C73H46N6O/c1-3-22-48(23-4-1)77-61-35-14-10-28-54(61)68-56(32-18-37-64(68)77)72-74-71(75-73(76-72)57-33-19-38-65-69(57)55-29-11-15-36-62(55)78(65)49-24-5-2-6-25-49)47-40-41-63(59(43-47)53-31-17-30-52-51-27-12-16-39-67(51)80-70(52)53)79-60-34-13-9-26-50(60)58-42-45-20-7-8-21-46(45)44-66(58)79/h1-44,71H,(H,74,75,76). The van der Waals surface area contributed by atoms with Gasteiger partial charge < -0.3 is 23.4 Å². The van der Waals surface area contributed by atoms with Crippen molar-refractivity contribution in [2.24, 2.45) is 9.98 Å². The Morgan fingerprint density at radius 1 is 0.350 bits per heavy atom. The lowest BCUT2D eigenvalue weighted by Gasteiger charge is -2.25. The molecule has 17 rings (SSSR count). The molecule has 5 heterocycles. The van der Waals surface area contributed by atoms with Gasteiger partial charge in [-0.1, -0.05) is 182 Å². The fourth-order valence-electron chi connectivity index (χ4n) is 13.0. The highest BCUT2D eigenvalue weighted by Gasteiger charge is 2.29. The molecule has 4 aromatic heterocycles. The number of benzene rings is 12. The van der Waals surface area contributed by atoms with Crippen LogP contribution in [0.2, 0.25) is 0 Å². The van der Waals surface area contributed by atoms with E-state index >= 15 is 0 Å². The van der Waals surface area contributed by atoms with Crippen LogP contribution in [-0.2, 0) is 0 Å². The summed E-state index contributed by atoms with van der Waals surface area (Å²) in [4.78, 5) is 11.5. The van der Waals surface area contributed by atoms with Crippen LogP contribution in [0.25, 0.3) is 126 Å². The number of furan rings is 1. The van der Waals surface area contributed by atoms with E-state index in [9.17, 15) is 0 Å². The molecule has 0 aliphatic carbocycles. The largest absolute Gasteiger partial charge is 0.455 e. The van der Waals surface area contributed by atoms with Crippen LogP contribution in [0.15, 0.2) is 281 Å². The molecule has 1 N–H and O–H groups in total. The zero-order valence-electron chi connectivity index (χ0n) is 43.1. The number of rotatable bonds is 7. The summed E-state index contributed by atoms with van der Waals surface area (Å²) in [6.45, 7) is 0. The van der Waals surface area contributed by atoms with Gasteiger partial charge in [0.1, 0.15) is 23.2 Å². The number of amidine groups is 2. The summed E-state index contributed by atoms with van der Waals surface area (Å²) in [5.41, 5.74) is 16.5. The molecule has 0 fully saturated rings. The zero-order chi connectivity index (χ0) is 52.4. The third kappa shape index (κ3) is 6.61. The molecule has 0 bridgehead atoms. The number of aliphatic imine (C=N–C) groups is 2. The molecule has 0 saturated carbocycles. The van der Waals surface area contributed by atoms with Crippen LogP contribution < -0.4 is 5.32 Å². The second-order valence-corrected chi connectivity index (χ2v) is 20.9. The van der Waals surface area contributed by atoms with E-state index in [0.29, 0.717) is 5.84 Å². The van der Waals surface area contributed by atoms with Crippen LogP contribution in [0, 0.1) is 0 Å². The van der Waals surface area contributed by atoms with Crippen molar-refractivity contribution in [3.63, 3.8) is 0 Å². The van der Waals surface area contributed by atoms with E-state index < -0.39 is 6.17 Å². The van der Waals surface area contributed by atoms with E-state index in [1.54, 1.807) is 0 Å². The molecule has 7 heteroatoms. The Balaban J connectivity index is 0.940. The van der Waals surface area contributed by atoms with E-state index in [-0.39, 0.29) is 0 Å². The van der Waals surface area contributed by atoms with Crippen LogP contribution >= 0.6 is 0 Å². The smallest absolute Gasteiger partial charge is 0.160 e. The maximum atomic E-state index is 6.92. The number of hydrogen-bond donors (Lipinski definition) is 1. The minimum Gasteiger partial charge on any atom is -0.455 e. The highest BCUT2D eigenvalue weighted by atomic mass is 16.3. The summed E-state index contributed by atoms with van der Waals surface area (Å²) in [5.74, 6) is 1.39. The summed E-state index contributed by atoms with van der Waals surface area (Å²) < 4.78 is 14.1. The van der Waals surface area contributed by atoms with Crippen LogP contribution in [-0.4, -0.2) is 25.4 Å². The molecule has 374 valence electrons. The Morgan fingerprint density at radius 2 is 0.875 bits per heavy atom. The molecule has 0 spiro atoms. The molecule has 0 saturated heterocycles. The molecule has 1 atom stereocenters. The monoisotopic (exact) mass is 1020 g/mol. The van der Waals surface area contributed by atoms with Crippen molar-refractivity contribution in [1.29, 1.82) is 0 Å². The van der Waals surface area contributed by atoms with Crippen molar-refractivity contribution in [1.82, 2.24) is 19.0 Å². The number of para-hydroxylation sites is 7. The minimum atomic E-state index is -0.572. The average Bonchev–Trinajstić information content (AvgIpc) is 4.42. The first-order chi connectivity index (χ1) is 39.7. The molecular weight excluding hydrogens is 977 g/mol. The molecule has 1 aliphatic heterocycles. The SMILES string of the molecule is c1ccc(-n2c3ccccc3c3c(C4=NC(c5ccc(-n6c7ccccc7c7cc8ccccc8cc76)c(-c6cccc7c6oc6ccccc67)c5)NC(c5cccc6c5c5ccccc5n6-c5ccccc5)=N4)cccc32)cc1. The number of nitrogens with zero attached hydrogens (tertiary/aromatic N) is 5. The van der Waals surface area contributed by atoms with Crippen molar-refractivity contribution in [3.8, 4) is 28.2 Å². The highest BCUT2D eigenvalue weighted by Crippen LogP contribution is 2.44. The van der Waals surface area contributed by atoms with Gasteiger partial charge in [0.05, 0.1) is 38.8 Å². The van der Waals surface area contributed by atoms with Crippen molar-refractivity contribution in [2.45, 2.75) is 6.17 Å². The van der Waals surface area contributed by atoms with E-state index in [1.807, 2.05) is 6.07 Å². The van der Waals surface area contributed by atoms with Gasteiger partial charge in [0.25, 0.3) is 0 Å². The van der Waals surface area contributed by atoms with Gasteiger partial charge in [-0.2, -0.15) is 0 Å². The highest BCUT2D eigenvalue weighted by molar-refractivity contribution is 6.27. The third-order valence-corrected chi connectivity index (χ3v) is 16.5. The molecule has 1 unspecified atom stereocenters.